The monoisotopic (exact) mass is 216 g/mol. The third-order valence-corrected chi connectivity index (χ3v) is 2.06. The van der Waals surface area contributed by atoms with Crippen LogP contribution in [0.5, 0.6) is 5.75 Å². The molecule has 2 rings (SSSR count). The van der Waals surface area contributed by atoms with Crippen LogP contribution >= 0.6 is 0 Å². The van der Waals surface area contributed by atoms with Crippen LogP contribution in [0.15, 0.2) is 36.9 Å². The van der Waals surface area contributed by atoms with E-state index in [4.69, 9.17) is 5.11 Å². The molecule has 16 heavy (non-hydrogen) atoms. The molecule has 0 saturated carbocycles. The highest BCUT2D eigenvalue weighted by Crippen LogP contribution is 2.05. The first kappa shape index (κ1) is 10.5. The molecule has 0 aliphatic carbocycles. The van der Waals surface area contributed by atoms with Crippen LogP contribution < -0.4 is 5.32 Å². The Morgan fingerprint density at radius 1 is 1.06 bits per heavy atom. The van der Waals surface area contributed by atoms with Crippen molar-refractivity contribution in [3.8, 4) is 5.75 Å². The summed E-state index contributed by atoms with van der Waals surface area (Å²) in [4.78, 5) is 12.0. The van der Waals surface area contributed by atoms with E-state index in [1.807, 2.05) is 6.07 Å². The number of aromatic nitrogens is 3. The fourth-order valence-electron chi connectivity index (χ4n) is 1.26. The zero-order valence-electron chi connectivity index (χ0n) is 8.67. The SMILES string of the molecule is Oc1ccc(CNCc2ccncn2)nc1. The molecule has 2 aromatic heterocycles. The van der Waals surface area contributed by atoms with Gasteiger partial charge in [-0.25, -0.2) is 9.97 Å². The Labute approximate surface area is 93.2 Å². The third-order valence-electron chi connectivity index (χ3n) is 2.06. The molecule has 2 N–H and O–H groups in total. The molecule has 0 unspecified atom stereocenters. The van der Waals surface area contributed by atoms with Crippen molar-refractivity contribution in [2.75, 3.05) is 0 Å². The Balaban J connectivity index is 1.82. The normalized spacial score (nSPS) is 10.2. The second-order valence-electron chi connectivity index (χ2n) is 3.31. The minimum atomic E-state index is 0.180. The lowest BCUT2D eigenvalue weighted by atomic mass is 10.3. The second-order valence-corrected chi connectivity index (χ2v) is 3.31. The van der Waals surface area contributed by atoms with Crippen LogP contribution in [0.25, 0.3) is 0 Å². The van der Waals surface area contributed by atoms with Gasteiger partial charge in [-0.05, 0) is 18.2 Å². The Morgan fingerprint density at radius 2 is 1.88 bits per heavy atom. The van der Waals surface area contributed by atoms with Crippen molar-refractivity contribution >= 4 is 0 Å². The molecule has 2 aromatic rings. The van der Waals surface area contributed by atoms with Gasteiger partial charge >= 0.3 is 0 Å². The minimum Gasteiger partial charge on any atom is -0.506 e. The van der Waals surface area contributed by atoms with Gasteiger partial charge in [0.25, 0.3) is 0 Å². The maximum absolute atomic E-state index is 9.06. The van der Waals surface area contributed by atoms with Gasteiger partial charge in [0.2, 0.25) is 0 Å². The molecule has 0 saturated heterocycles. The van der Waals surface area contributed by atoms with E-state index in [0.717, 1.165) is 11.4 Å². The molecule has 5 heteroatoms. The minimum absolute atomic E-state index is 0.180. The molecule has 5 nitrogen and oxygen atoms in total. The molecule has 0 fully saturated rings. The van der Waals surface area contributed by atoms with Gasteiger partial charge in [0.1, 0.15) is 12.1 Å². The standard InChI is InChI=1S/C11H12N4O/c16-11-2-1-9(14-7-11)5-13-6-10-3-4-12-8-15-10/h1-4,7-8,13,16H,5-6H2. The Hall–Kier alpha value is -2.01. The summed E-state index contributed by atoms with van der Waals surface area (Å²) < 4.78 is 0. The molecule has 82 valence electrons. The number of rotatable bonds is 4. The Bertz CT molecular complexity index is 429. The van der Waals surface area contributed by atoms with E-state index in [-0.39, 0.29) is 5.75 Å². The highest BCUT2D eigenvalue weighted by Gasteiger charge is 1.96. The van der Waals surface area contributed by atoms with Crippen LogP contribution in [0.4, 0.5) is 0 Å². The number of nitrogens with zero attached hydrogens (tertiary/aromatic N) is 3. The van der Waals surface area contributed by atoms with Gasteiger partial charge in [0.15, 0.2) is 0 Å². The molecular weight excluding hydrogens is 204 g/mol. The summed E-state index contributed by atoms with van der Waals surface area (Å²) in [7, 11) is 0. The average Bonchev–Trinajstić information content (AvgIpc) is 2.33. The van der Waals surface area contributed by atoms with Crippen LogP contribution in [0, 0.1) is 0 Å². The smallest absolute Gasteiger partial charge is 0.133 e. The van der Waals surface area contributed by atoms with Gasteiger partial charge in [-0.2, -0.15) is 0 Å². The second kappa shape index (κ2) is 5.18. The topological polar surface area (TPSA) is 70.9 Å². The van der Waals surface area contributed by atoms with E-state index >= 15 is 0 Å². The van der Waals surface area contributed by atoms with Crippen molar-refractivity contribution in [1.82, 2.24) is 20.3 Å². The number of aromatic hydroxyl groups is 1. The molecule has 2 heterocycles. The van der Waals surface area contributed by atoms with E-state index in [2.05, 4.69) is 20.3 Å². The van der Waals surface area contributed by atoms with Gasteiger partial charge in [0, 0.05) is 19.3 Å². The summed E-state index contributed by atoms with van der Waals surface area (Å²) in [5.74, 6) is 0.180. The van der Waals surface area contributed by atoms with E-state index in [1.54, 1.807) is 18.3 Å². The highest BCUT2D eigenvalue weighted by molar-refractivity contribution is 5.17. The van der Waals surface area contributed by atoms with Gasteiger partial charge < -0.3 is 10.4 Å². The van der Waals surface area contributed by atoms with E-state index in [1.165, 1.54) is 12.5 Å². The van der Waals surface area contributed by atoms with Crippen molar-refractivity contribution in [2.24, 2.45) is 0 Å². The van der Waals surface area contributed by atoms with Crippen LogP contribution in [-0.2, 0) is 13.1 Å². The van der Waals surface area contributed by atoms with E-state index < -0.39 is 0 Å². The zero-order valence-corrected chi connectivity index (χ0v) is 8.67. The lowest BCUT2D eigenvalue weighted by Gasteiger charge is -2.03. The third kappa shape index (κ3) is 2.99. The Morgan fingerprint density at radius 3 is 2.50 bits per heavy atom. The van der Waals surface area contributed by atoms with Gasteiger partial charge in [-0.1, -0.05) is 0 Å². The summed E-state index contributed by atoms with van der Waals surface area (Å²) in [5, 5.41) is 12.3. The number of hydrogen-bond acceptors (Lipinski definition) is 5. The molecule has 0 spiro atoms. The maximum Gasteiger partial charge on any atom is 0.133 e. The van der Waals surface area contributed by atoms with Crippen molar-refractivity contribution in [3.63, 3.8) is 0 Å². The summed E-state index contributed by atoms with van der Waals surface area (Å²) in [6.07, 6.45) is 4.67. The predicted molar refractivity (Wildman–Crippen MR) is 58.5 cm³/mol. The summed E-state index contributed by atoms with van der Waals surface area (Å²) in [6, 6.07) is 5.26. The van der Waals surface area contributed by atoms with Crippen LogP contribution in [0.2, 0.25) is 0 Å². The number of hydrogen-bond donors (Lipinski definition) is 2. The van der Waals surface area contributed by atoms with Crippen molar-refractivity contribution < 1.29 is 5.11 Å². The highest BCUT2D eigenvalue weighted by atomic mass is 16.3. The maximum atomic E-state index is 9.06. The molecule has 0 aliphatic rings. The first-order chi connectivity index (χ1) is 7.84. The van der Waals surface area contributed by atoms with Crippen molar-refractivity contribution in [2.45, 2.75) is 13.1 Å². The summed E-state index contributed by atoms with van der Waals surface area (Å²) >= 11 is 0. The molecule has 0 amide bonds. The molecular formula is C11H12N4O. The summed E-state index contributed by atoms with van der Waals surface area (Å²) in [6.45, 7) is 1.31. The first-order valence-electron chi connectivity index (χ1n) is 4.94. The number of nitrogens with one attached hydrogen (secondary N) is 1. The van der Waals surface area contributed by atoms with Crippen LogP contribution in [0.1, 0.15) is 11.4 Å². The Kier molecular flexibility index (Phi) is 3.40. The van der Waals surface area contributed by atoms with Crippen molar-refractivity contribution in [1.29, 1.82) is 0 Å². The lowest BCUT2D eigenvalue weighted by molar-refractivity contribution is 0.471. The van der Waals surface area contributed by atoms with Crippen LogP contribution in [-0.4, -0.2) is 20.1 Å². The van der Waals surface area contributed by atoms with Gasteiger partial charge in [-0.15, -0.1) is 0 Å². The first-order valence-corrected chi connectivity index (χ1v) is 4.94. The number of pyridine rings is 1. The molecule has 0 atom stereocenters. The average molecular weight is 216 g/mol. The van der Waals surface area contributed by atoms with Crippen LogP contribution in [0.3, 0.4) is 0 Å². The lowest BCUT2D eigenvalue weighted by Crippen LogP contribution is -2.14. The summed E-state index contributed by atoms with van der Waals surface area (Å²) in [5.41, 5.74) is 1.82. The molecule has 0 aliphatic heterocycles. The molecule has 0 bridgehead atoms. The quantitative estimate of drug-likeness (QED) is 0.793. The van der Waals surface area contributed by atoms with E-state index in [0.29, 0.717) is 13.1 Å². The zero-order chi connectivity index (χ0) is 11.2. The fraction of sp³-hybridized carbons (Fsp3) is 0.182. The molecule has 0 radical (unpaired) electrons. The van der Waals surface area contributed by atoms with Crippen molar-refractivity contribution in [3.05, 3.63) is 48.3 Å². The van der Waals surface area contributed by atoms with Gasteiger partial charge in [-0.3, -0.25) is 4.98 Å². The largest absolute Gasteiger partial charge is 0.506 e. The van der Waals surface area contributed by atoms with Gasteiger partial charge in [0.05, 0.1) is 17.6 Å². The fourth-order valence-corrected chi connectivity index (χ4v) is 1.26. The predicted octanol–water partition coefficient (Wildman–Crippen LogP) is 0.867. The molecule has 0 aromatic carbocycles. The van der Waals surface area contributed by atoms with E-state index in [9.17, 15) is 0 Å².